The van der Waals surface area contributed by atoms with Crippen LogP contribution in [0.3, 0.4) is 0 Å². The van der Waals surface area contributed by atoms with Crippen LogP contribution in [0.4, 0.5) is 0 Å². The molecule has 0 spiro atoms. The summed E-state index contributed by atoms with van der Waals surface area (Å²) in [4.78, 5) is 13.6. The number of fused-ring (bicyclic) bond motifs is 1. The molecule has 1 aliphatic heterocycles. The van der Waals surface area contributed by atoms with E-state index in [4.69, 9.17) is 14.2 Å². The number of rotatable bonds is 4. The van der Waals surface area contributed by atoms with Crippen molar-refractivity contribution in [2.24, 2.45) is 0 Å². The molecule has 0 aliphatic carbocycles. The predicted octanol–water partition coefficient (Wildman–Crippen LogP) is 1.83. The second-order valence-corrected chi connectivity index (χ2v) is 4.81. The minimum atomic E-state index is -0.0410. The molecule has 2 rings (SSSR count). The molecule has 0 saturated heterocycles. The number of nitrogens with zero attached hydrogens (tertiary/aromatic N) is 1. The molecule has 5 nitrogen and oxygen atoms in total. The first-order valence-corrected chi connectivity index (χ1v) is 6.88. The first kappa shape index (κ1) is 15.2. The van der Waals surface area contributed by atoms with E-state index in [1.165, 1.54) is 6.08 Å². The summed E-state index contributed by atoms with van der Waals surface area (Å²) in [5.74, 6) is 1.90. The third-order valence-electron chi connectivity index (χ3n) is 3.79. The van der Waals surface area contributed by atoms with Gasteiger partial charge in [-0.1, -0.05) is 6.58 Å². The normalized spacial score (nSPS) is 14.0. The fourth-order valence-corrected chi connectivity index (χ4v) is 2.73. The summed E-state index contributed by atoms with van der Waals surface area (Å²) in [7, 11) is 4.82. The van der Waals surface area contributed by atoms with Crippen molar-refractivity contribution in [2.75, 3.05) is 34.4 Å². The van der Waals surface area contributed by atoms with Gasteiger partial charge in [0.05, 0.1) is 21.3 Å². The van der Waals surface area contributed by atoms with E-state index >= 15 is 0 Å². The van der Waals surface area contributed by atoms with Crippen LogP contribution in [-0.2, 0) is 17.6 Å². The molecule has 5 heteroatoms. The van der Waals surface area contributed by atoms with E-state index in [-0.39, 0.29) is 5.91 Å². The van der Waals surface area contributed by atoms with Gasteiger partial charge in [0.1, 0.15) is 0 Å². The van der Waals surface area contributed by atoms with Crippen molar-refractivity contribution < 1.29 is 19.0 Å². The largest absolute Gasteiger partial charge is 0.493 e. The molecule has 0 saturated carbocycles. The molecule has 1 amide bonds. The lowest BCUT2D eigenvalue weighted by molar-refractivity contribution is -0.125. The third kappa shape index (κ3) is 2.82. The summed E-state index contributed by atoms with van der Waals surface area (Å²) in [6.07, 6.45) is 2.83. The van der Waals surface area contributed by atoms with Crippen LogP contribution in [-0.4, -0.2) is 45.2 Å². The van der Waals surface area contributed by atoms with Crippen molar-refractivity contribution >= 4 is 5.91 Å². The Balaban J connectivity index is 2.43. The first-order chi connectivity index (χ1) is 10.2. The number of hydrogen-bond donors (Lipinski definition) is 0. The molecule has 114 valence electrons. The molecule has 0 fully saturated rings. The smallest absolute Gasteiger partial charge is 0.245 e. The van der Waals surface area contributed by atoms with Crippen molar-refractivity contribution in [3.05, 3.63) is 29.8 Å². The summed E-state index contributed by atoms with van der Waals surface area (Å²) < 4.78 is 16.3. The SMILES string of the molecule is C=CC(=O)N1CCc2cc(OC)c(OC)c(OC)c2CC1. The van der Waals surface area contributed by atoms with Crippen molar-refractivity contribution in [1.82, 2.24) is 4.90 Å². The van der Waals surface area contributed by atoms with Crippen molar-refractivity contribution in [3.63, 3.8) is 0 Å². The quantitative estimate of drug-likeness (QED) is 0.794. The van der Waals surface area contributed by atoms with E-state index in [0.717, 1.165) is 24.0 Å². The highest BCUT2D eigenvalue weighted by molar-refractivity contribution is 5.87. The highest BCUT2D eigenvalue weighted by atomic mass is 16.5. The molecule has 0 N–H and O–H groups in total. The lowest BCUT2D eigenvalue weighted by atomic mass is 10.0. The van der Waals surface area contributed by atoms with Gasteiger partial charge in [-0.3, -0.25) is 4.79 Å². The summed E-state index contributed by atoms with van der Waals surface area (Å²) in [5.41, 5.74) is 2.21. The second-order valence-electron chi connectivity index (χ2n) is 4.81. The van der Waals surface area contributed by atoms with Gasteiger partial charge in [-0.05, 0) is 30.5 Å². The third-order valence-corrected chi connectivity index (χ3v) is 3.79. The Kier molecular flexibility index (Phi) is 4.73. The van der Waals surface area contributed by atoms with Crippen molar-refractivity contribution in [3.8, 4) is 17.2 Å². The Morgan fingerprint density at radius 1 is 1.14 bits per heavy atom. The number of benzene rings is 1. The Morgan fingerprint density at radius 2 is 1.81 bits per heavy atom. The minimum absolute atomic E-state index is 0.0410. The van der Waals surface area contributed by atoms with Gasteiger partial charge in [0.2, 0.25) is 11.7 Å². The molecular weight excluding hydrogens is 270 g/mol. The lowest BCUT2D eigenvalue weighted by Gasteiger charge is -2.18. The zero-order valence-corrected chi connectivity index (χ0v) is 12.8. The Morgan fingerprint density at radius 3 is 2.38 bits per heavy atom. The number of carbonyl (C=O) groups is 1. The van der Waals surface area contributed by atoms with Crippen LogP contribution in [0.5, 0.6) is 17.2 Å². The fraction of sp³-hybridized carbons (Fsp3) is 0.438. The maximum atomic E-state index is 11.8. The molecule has 1 aromatic rings. The Labute approximate surface area is 125 Å². The standard InChI is InChI=1S/C16H21NO4/c1-5-14(18)17-8-6-11-10-13(19-2)16(21-4)15(20-3)12(11)7-9-17/h5,10H,1,6-9H2,2-4H3. The Bertz CT molecular complexity index is 554. The summed E-state index contributed by atoms with van der Waals surface area (Å²) in [5, 5.41) is 0. The van der Waals surface area contributed by atoms with Crippen LogP contribution in [0.1, 0.15) is 11.1 Å². The summed E-state index contributed by atoms with van der Waals surface area (Å²) >= 11 is 0. The molecule has 21 heavy (non-hydrogen) atoms. The van der Waals surface area contributed by atoms with Gasteiger partial charge >= 0.3 is 0 Å². The monoisotopic (exact) mass is 291 g/mol. The van der Waals surface area contributed by atoms with Crippen LogP contribution in [0, 0.1) is 0 Å². The molecule has 1 heterocycles. The fourth-order valence-electron chi connectivity index (χ4n) is 2.73. The van der Waals surface area contributed by atoms with Gasteiger partial charge in [0.15, 0.2) is 11.5 Å². The molecule has 0 radical (unpaired) electrons. The van der Waals surface area contributed by atoms with Gasteiger partial charge in [0.25, 0.3) is 0 Å². The Hall–Kier alpha value is -2.17. The second kappa shape index (κ2) is 6.52. The van der Waals surface area contributed by atoms with Gasteiger partial charge in [-0.25, -0.2) is 0 Å². The van der Waals surface area contributed by atoms with Gasteiger partial charge in [-0.15, -0.1) is 0 Å². The van der Waals surface area contributed by atoms with E-state index in [1.54, 1.807) is 26.2 Å². The lowest BCUT2D eigenvalue weighted by Crippen LogP contribution is -2.31. The average Bonchev–Trinajstić information content (AvgIpc) is 2.74. The highest BCUT2D eigenvalue weighted by Crippen LogP contribution is 2.43. The number of methoxy groups -OCH3 is 3. The summed E-state index contributed by atoms with van der Waals surface area (Å²) in [6, 6.07) is 1.97. The molecule has 1 aromatic carbocycles. The number of carbonyl (C=O) groups excluding carboxylic acids is 1. The summed E-state index contributed by atoms with van der Waals surface area (Å²) in [6.45, 7) is 4.85. The number of hydrogen-bond acceptors (Lipinski definition) is 4. The maximum absolute atomic E-state index is 11.8. The topological polar surface area (TPSA) is 48.0 Å². The molecule has 0 atom stereocenters. The van der Waals surface area contributed by atoms with Crippen LogP contribution in [0.2, 0.25) is 0 Å². The number of ether oxygens (including phenoxy) is 3. The number of amides is 1. The minimum Gasteiger partial charge on any atom is -0.493 e. The van der Waals surface area contributed by atoms with E-state index in [1.807, 2.05) is 6.07 Å². The highest BCUT2D eigenvalue weighted by Gasteiger charge is 2.24. The zero-order chi connectivity index (χ0) is 15.4. The maximum Gasteiger partial charge on any atom is 0.245 e. The van der Waals surface area contributed by atoms with E-state index in [0.29, 0.717) is 30.3 Å². The van der Waals surface area contributed by atoms with E-state index in [2.05, 4.69) is 6.58 Å². The molecular formula is C16H21NO4. The van der Waals surface area contributed by atoms with Crippen LogP contribution < -0.4 is 14.2 Å². The van der Waals surface area contributed by atoms with Crippen LogP contribution >= 0.6 is 0 Å². The average molecular weight is 291 g/mol. The van der Waals surface area contributed by atoms with Crippen LogP contribution in [0.25, 0.3) is 0 Å². The van der Waals surface area contributed by atoms with Gasteiger partial charge < -0.3 is 19.1 Å². The molecule has 0 unspecified atom stereocenters. The van der Waals surface area contributed by atoms with Gasteiger partial charge in [-0.2, -0.15) is 0 Å². The van der Waals surface area contributed by atoms with Crippen molar-refractivity contribution in [1.29, 1.82) is 0 Å². The van der Waals surface area contributed by atoms with E-state index in [9.17, 15) is 4.79 Å². The van der Waals surface area contributed by atoms with Crippen LogP contribution in [0.15, 0.2) is 18.7 Å². The predicted molar refractivity (Wildman–Crippen MR) is 80.3 cm³/mol. The van der Waals surface area contributed by atoms with Crippen molar-refractivity contribution in [2.45, 2.75) is 12.8 Å². The molecule has 0 bridgehead atoms. The molecule has 1 aliphatic rings. The van der Waals surface area contributed by atoms with E-state index < -0.39 is 0 Å². The first-order valence-electron chi connectivity index (χ1n) is 6.88. The van der Waals surface area contributed by atoms with Gasteiger partial charge in [0, 0.05) is 18.7 Å². The zero-order valence-electron chi connectivity index (χ0n) is 12.8. The molecule has 0 aromatic heterocycles.